The fourth-order valence-electron chi connectivity index (χ4n) is 11.9. The first-order valence-corrected chi connectivity index (χ1v) is 20.9. The second kappa shape index (κ2) is 15.4. The van der Waals surface area contributed by atoms with Gasteiger partial charge in [0.05, 0.1) is 12.5 Å². The smallest absolute Gasteiger partial charge is 0.323 e. The third-order valence-corrected chi connectivity index (χ3v) is 14.9. The van der Waals surface area contributed by atoms with Crippen LogP contribution in [-0.2, 0) is 28.7 Å². The van der Waals surface area contributed by atoms with Gasteiger partial charge in [0, 0.05) is 23.7 Å². The Labute approximate surface area is 333 Å². The van der Waals surface area contributed by atoms with Crippen LogP contribution in [0.4, 0.5) is 0 Å². The molecule has 6 aliphatic rings. The quantitative estimate of drug-likeness (QED) is 0.115. The van der Waals surface area contributed by atoms with Gasteiger partial charge >= 0.3 is 11.9 Å². The van der Waals surface area contributed by atoms with Crippen LogP contribution < -0.4 is 5.73 Å². The molecule has 56 heavy (non-hydrogen) atoms. The van der Waals surface area contributed by atoms with Crippen molar-refractivity contribution >= 4 is 23.5 Å². The van der Waals surface area contributed by atoms with Gasteiger partial charge in [-0.1, -0.05) is 94.2 Å². The predicted molar refractivity (Wildman–Crippen MR) is 216 cm³/mol. The number of carbonyl (C=O) groups excluding carboxylic acids is 4. The highest BCUT2D eigenvalue weighted by molar-refractivity contribution is 5.93. The second-order valence-corrected chi connectivity index (χ2v) is 19.7. The van der Waals surface area contributed by atoms with Gasteiger partial charge < -0.3 is 25.4 Å². The summed E-state index contributed by atoms with van der Waals surface area (Å²) in [7, 11) is 0. The maximum Gasteiger partial charge on any atom is 0.323 e. The molecule has 3 unspecified atom stereocenters. The SMILES string of the molecule is CC1=C(/C=C/C=C/C2=C(C)C[C@@H](OC(=O)CC(N)C(=O)OCC(=O)[C@@]3(O)CCC4C5CCC6=CC(=O)CC[C@]6(C)C5=CC[C@@]43C)CC2(C)C)C(C)(C)C[C@H](O)C1. The molecule has 0 aromatic rings. The number of ketones is 2. The highest BCUT2D eigenvalue weighted by Gasteiger charge is 2.64. The van der Waals surface area contributed by atoms with Crippen molar-refractivity contribution in [3.8, 4) is 0 Å². The maximum absolute atomic E-state index is 13.7. The van der Waals surface area contributed by atoms with E-state index in [4.69, 9.17) is 15.2 Å². The first kappa shape index (κ1) is 42.2. The summed E-state index contributed by atoms with van der Waals surface area (Å²) in [6.07, 6.45) is 18.6. The number of esters is 2. The van der Waals surface area contributed by atoms with E-state index >= 15 is 0 Å². The second-order valence-electron chi connectivity index (χ2n) is 19.7. The van der Waals surface area contributed by atoms with Crippen molar-refractivity contribution in [2.75, 3.05) is 6.61 Å². The van der Waals surface area contributed by atoms with E-state index in [9.17, 15) is 29.4 Å². The Morgan fingerprint density at radius 3 is 2.21 bits per heavy atom. The number of ether oxygens (including phenoxy) is 2. The molecule has 8 atom stereocenters. The minimum Gasteiger partial charge on any atom is -0.462 e. The van der Waals surface area contributed by atoms with E-state index in [0.717, 1.165) is 31.3 Å². The van der Waals surface area contributed by atoms with Gasteiger partial charge in [0.15, 0.2) is 12.4 Å². The van der Waals surface area contributed by atoms with Crippen molar-refractivity contribution in [1.29, 1.82) is 0 Å². The normalized spacial score (nSPS) is 35.7. The van der Waals surface area contributed by atoms with Crippen LogP contribution in [0.3, 0.4) is 0 Å². The van der Waals surface area contributed by atoms with Gasteiger partial charge in [0.25, 0.3) is 0 Å². The summed E-state index contributed by atoms with van der Waals surface area (Å²) in [5, 5.41) is 22.2. The molecule has 0 spiro atoms. The van der Waals surface area contributed by atoms with E-state index in [1.807, 2.05) is 13.0 Å². The van der Waals surface area contributed by atoms with Gasteiger partial charge in [-0.05, 0) is 112 Å². The molecule has 306 valence electrons. The number of hydrogen-bond acceptors (Lipinski definition) is 9. The summed E-state index contributed by atoms with van der Waals surface area (Å²) in [6.45, 7) is 16.4. The molecule has 0 aromatic heterocycles. The van der Waals surface area contributed by atoms with Crippen LogP contribution in [0, 0.1) is 33.5 Å². The maximum atomic E-state index is 13.7. The van der Waals surface area contributed by atoms with Gasteiger partial charge in [-0.3, -0.25) is 19.2 Å². The van der Waals surface area contributed by atoms with Crippen LogP contribution in [0.15, 0.2) is 69.9 Å². The van der Waals surface area contributed by atoms with E-state index < -0.39 is 41.4 Å². The average molecular weight is 772 g/mol. The number of hydrogen-bond donors (Lipinski definition) is 3. The summed E-state index contributed by atoms with van der Waals surface area (Å²) >= 11 is 0. The summed E-state index contributed by atoms with van der Waals surface area (Å²) in [4.78, 5) is 51.9. The van der Waals surface area contributed by atoms with Crippen molar-refractivity contribution in [3.05, 3.63) is 69.9 Å². The van der Waals surface area contributed by atoms with Crippen LogP contribution in [0.2, 0.25) is 0 Å². The number of carbonyl (C=O) groups is 4. The van der Waals surface area contributed by atoms with Crippen molar-refractivity contribution in [2.45, 2.75) is 156 Å². The van der Waals surface area contributed by atoms with Gasteiger partial charge in [-0.15, -0.1) is 0 Å². The molecule has 0 saturated heterocycles. The molecular formula is C47H65NO8. The van der Waals surface area contributed by atoms with Crippen LogP contribution in [0.25, 0.3) is 0 Å². The number of Topliss-reactive ketones (excluding diaryl/α,β-unsaturated/α-hetero) is 1. The van der Waals surface area contributed by atoms with E-state index in [-0.39, 0.29) is 52.5 Å². The van der Waals surface area contributed by atoms with E-state index in [1.165, 1.54) is 27.9 Å². The Morgan fingerprint density at radius 1 is 0.929 bits per heavy atom. The zero-order valence-electron chi connectivity index (χ0n) is 35.0. The molecule has 0 aromatic carbocycles. The molecule has 9 heteroatoms. The largest absolute Gasteiger partial charge is 0.462 e. The Balaban J connectivity index is 1.01. The van der Waals surface area contributed by atoms with E-state index in [2.05, 4.69) is 78.8 Å². The first-order chi connectivity index (χ1) is 26.1. The fraction of sp³-hybridized carbons (Fsp3) is 0.660. The number of allylic oxidation sites excluding steroid dienone is 10. The van der Waals surface area contributed by atoms with Crippen molar-refractivity contribution in [2.24, 2.45) is 39.2 Å². The fourth-order valence-corrected chi connectivity index (χ4v) is 11.9. The molecule has 0 heterocycles. The van der Waals surface area contributed by atoms with Gasteiger partial charge in [-0.2, -0.15) is 0 Å². The monoisotopic (exact) mass is 771 g/mol. The van der Waals surface area contributed by atoms with Crippen LogP contribution in [-0.4, -0.2) is 64.2 Å². The number of aliphatic hydroxyl groups is 2. The van der Waals surface area contributed by atoms with Crippen LogP contribution >= 0.6 is 0 Å². The van der Waals surface area contributed by atoms with Crippen molar-refractivity contribution in [3.63, 3.8) is 0 Å². The van der Waals surface area contributed by atoms with Crippen molar-refractivity contribution < 1.29 is 38.9 Å². The lowest BCUT2D eigenvalue weighted by atomic mass is 9.50. The number of aliphatic hydroxyl groups excluding tert-OH is 1. The van der Waals surface area contributed by atoms with Crippen LogP contribution in [0.5, 0.6) is 0 Å². The lowest BCUT2D eigenvalue weighted by Crippen LogP contribution is -2.56. The summed E-state index contributed by atoms with van der Waals surface area (Å²) in [6, 6.07) is -1.31. The Hall–Kier alpha value is -3.40. The molecule has 6 aliphatic carbocycles. The number of nitrogens with two attached hydrogens (primary N) is 1. The average Bonchev–Trinajstić information content (AvgIpc) is 3.37. The first-order valence-electron chi connectivity index (χ1n) is 20.9. The van der Waals surface area contributed by atoms with E-state index in [0.29, 0.717) is 44.9 Å². The van der Waals surface area contributed by atoms with Gasteiger partial charge in [-0.25, -0.2) is 0 Å². The minimum atomic E-state index is -1.65. The third kappa shape index (κ3) is 7.77. The summed E-state index contributed by atoms with van der Waals surface area (Å²) < 4.78 is 11.2. The van der Waals surface area contributed by atoms with Gasteiger partial charge in [0.1, 0.15) is 17.7 Å². The Bertz CT molecular complexity index is 1840. The number of rotatable bonds is 10. The van der Waals surface area contributed by atoms with E-state index in [1.54, 1.807) is 0 Å². The molecule has 0 aliphatic heterocycles. The highest BCUT2D eigenvalue weighted by Crippen LogP contribution is 2.65. The lowest BCUT2D eigenvalue weighted by molar-refractivity contribution is -0.165. The molecule has 9 nitrogen and oxygen atoms in total. The van der Waals surface area contributed by atoms with Crippen LogP contribution in [0.1, 0.15) is 132 Å². The van der Waals surface area contributed by atoms with Gasteiger partial charge in [0.2, 0.25) is 5.78 Å². The minimum absolute atomic E-state index is 0.0888. The predicted octanol–water partition coefficient (Wildman–Crippen LogP) is 7.66. The summed E-state index contributed by atoms with van der Waals surface area (Å²) in [5.41, 5.74) is 10.6. The molecule has 4 N–H and O–H groups in total. The third-order valence-electron chi connectivity index (χ3n) is 14.9. The molecule has 0 amide bonds. The standard InChI is InChI=1S/C47H65NO8/c1-28-21-32(50)25-43(3,4)35(28)11-9-10-12-36-29(2)22-33(26-44(36,5)6)56-41(52)24-39(48)42(53)55-27-40(51)47(54)20-17-38-34-14-13-30-23-31(49)15-18-45(30,7)37(34)16-19-46(38,47)8/h9-12,16,23,32-34,38-39,50,54H,13-15,17-22,24-27,48H2,1-8H3/b11-9+,12-10+/t32-,33-,34?,38?,39?,45+,46+,47+/m1/s1. The molecule has 0 radical (unpaired) electrons. The molecule has 2 fully saturated rings. The number of fused-ring (bicyclic) bond motifs is 5. The zero-order chi connectivity index (χ0) is 41.0. The molecule has 0 bridgehead atoms. The lowest BCUT2D eigenvalue weighted by Gasteiger charge is -2.54. The Kier molecular flexibility index (Phi) is 11.6. The topological polar surface area (TPSA) is 153 Å². The zero-order valence-corrected chi connectivity index (χ0v) is 35.0. The highest BCUT2D eigenvalue weighted by atomic mass is 16.5. The van der Waals surface area contributed by atoms with Crippen molar-refractivity contribution in [1.82, 2.24) is 0 Å². The molecule has 6 rings (SSSR count). The summed E-state index contributed by atoms with van der Waals surface area (Å²) in [5.74, 6) is -1.49. The Morgan fingerprint density at radius 2 is 1.57 bits per heavy atom. The molecular weight excluding hydrogens is 707 g/mol. The molecule has 2 saturated carbocycles.